The summed E-state index contributed by atoms with van der Waals surface area (Å²) in [5.41, 5.74) is 4.40. The lowest BCUT2D eigenvalue weighted by Crippen LogP contribution is -2.41. The van der Waals surface area contributed by atoms with Gasteiger partial charge in [0.15, 0.2) is 5.78 Å². The molecule has 1 aliphatic heterocycles. The Kier molecular flexibility index (Phi) is 7.36. The summed E-state index contributed by atoms with van der Waals surface area (Å²) < 4.78 is 5.27. The van der Waals surface area contributed by atoms with Crippen LogP contribution in [0.2, 0.25) is 0 Å². The molecule has 0 unspecified atom stereocenters. The van der Waals surface area contributed by atoms with Crippen molar-refractivity contribution in [2.24, 2.45) is 0 Å². The zero-order valence-electron chi connectivity index (χ0n) is 17.6. The normalized spacial score (nSPS) is 13.7. The summed E-state index contributed by atoms with van der Waals surface area (Å²) in [4.78, 5) is 38.6. The number of morpholine rings is 1. The predicted molar refractivity (Wildman–Crippen MR) is 116 cm³/mol. The fourth-order valence-electron chi connectivity index (χ4n) is 3.31. The number of nitrogens with one attached hydrogen (secondary N) is 1. The molecule has 0 atom stereocenters. The number of benzene rings is 2. The van der Waals surface area contributed by atoms with Crippen LogP contribution in [0.1, 0.15) is 39.9 Å². The highest BCUT2D eigenvalue weighted by Crippen LogP contribution is 2.15. The van der Waals surface area contributed by atoms with Gasteiger partial charge in [0, 0.05) is 37.2 Å². The second kappa shape index (κ2) is 10.2. The molecule has 1 saturated heterocycles. The summed E-state index contributed by atoms with van der Waals surface area (Å²) in [7, 11) is 0. The average Bonchev–Trinajstić information content (AvgIpc) is 2.76. The van der Waals surface area contributed by atoms with Crippen molar-refractivity contribution < 1.29 is 19.1 Å². The minimum atomic E-state index is -0.204. The Bertz CT molecular complexity index is 915. The third-order valence-corrected chi connectivity index (χ3v) is 5.36. The number of nitrogens with zero attached hydrogens (tertiary/aromatic N) is 1. The van der Waals surface area contributed by atoms with Gasteiger partial charge in [-0.15, -0.1) is 0 Å². The monoisotopic (exact) mass is 408 g/mol. The molecule has 1 N–H and O–H groups in total. The van der Waals surface area contributed by atoms with Crippen molar-refractivity contribution in [2.75, 3.05) is 31.6 Å². The third-order valence-electron chi connectivity index (χ3n) is 5.36. The number of carbonyl (C=O) groups excluding carboxylic acids is 3. The number of ketones is 1. The number of anilines is 1. The van der Waals surface area contributed by atoms with Gasteiger partial charge in [-0.1, -0.05) is 24.3 Å². The van der Waals surface area contributed by atoms with E-state index in [-0.39, 0.29) is 30.4 Å². The van der Waals surface area contributed by atoms with E-state index in [2.05, 4.69) is 5.32 Å². The molecular weight excluding hydrogens is 380 g/mol. The number of carbonyl (C=O) groups is 3. The fourth-order valence-corrected chi connectivity index (χ4v) is 3.31. The number of aryl methyl sites for hydroxylation is 2. The molecule has 0 radical (unpaired) electrons. The van der Waals surface area contributed by atoms with Gasteiger partial charge in [-0.25, -0.2) is 0 Å². The molecule has 0 aliphatic carbocycles. The van der Waals surface area contributed by atoms with Crippen molar-refractivity contribution in [3.63, 3.8) is 0 Å². The molecule has 2 aromatic rings. The van der Waals surface area contributed by atoms with Crippen LogP contribution in [0, 0.1) is 13.8 Å². The van der Waals surface area contributed by atoms with Crippen molar-refractivity contribution in [3.05, 3.63) is 64.7 Å². The maximum absolute atomic E-state index is 12.3. The Labute approximate surface area is 177 Å². The number of ether oxygens (including phenoxy) is 1. The van der Waals surface area contributed by atoms with E-state index < -0.39 is 0 Å². The Balaban J connectivity index is 1.46. The van der Waals surface area contributed by atoms with Crippen molar-refractivity contribution in [2.45, 2.75) is 33.1 Å². The van der Waals surface area contributed by atoms with E-state index in [1.54, 1.807) is 18.2 Å². The smallest absolute Gasteiger partial charge is 0.227 e. The van der Waals surface area contributed by atoms with Gasteiger partial charge >= 0.3 is 0 Å². The molecule has 2 amide bonds. The van der Waals surface area contributed by atoms with Crippen molar-refractivity contribution in [3.8, 4) is 0 Å². The van der Waals surface area contributed by atoms with Crippen LogP contribution in [-0.4, -0.2) is 48.8 Å². The van der Waals surface area contributed by atoms with Gasteiger partial charge in [0.2, 0.25) is 11.8 Å². The number of Topliss-reactive ketones (excluding diaryl/α,β-unsaturated/α-hetero) is 1. The molecule has 2 aromatic carbocycles. The first kappa shape index (κ1) is 21.7. The Morgan fingerprint density at radius 3 is 2.30 bits per heavy atom. The molecule has 1 fully saturated rings. The van der Waals surface area contributed by atoms with Crippen LogP contribution in [0.4, 0.5) is 5.69 Å². The quantitative estimate of drug-likeness (QED) is 0.713. The topological polar surface area (TPSA) is 75.7 Å². The number of hydrogen-bond acceptors (Lipinski definition) is 4. The van der Waals surface area contributed by atoms with E-state index in [0.717, 1.165) is 16.7 Å². The Morgan fingerprint density at radius 1 is 0.933 bits per heavy atom. The van der Waals surface area contributed by atoms with Crippen LogP contribution in [0.5, 0.6) is 0 Å². The average molecular weight is 408 g/mol. The van der Waals surface area contributed by atoms with Crippen LogP contribution < -0.4 is 5.32 Å². The van der Waals surface area contributed by atoms with Crippen molar-refractivity contribution >= 4 is 23.3 Å². The maximum atomic E-state index is 12.3. The second-order valence-electron chi connectivity index (χ2n) is 7.64. The molecule has 158 valence electrons. The van der Waals surface area contributed by atoms with Gasteiger partial charge in [-0.05, 0) is 48.7 Å². The fraction of sp³-hybridized carbons (Fsp3) is 0.375. The van der Waals surface area contributed by atoms with Crippen LogP contribution >= 0.6 is 0 Å². The molecule has 0 aromatic heterocycles. The summed E-state index contributed by atoms with van der Waals surface area (Å²) >= 11 is 0. The van der Waals surface area contributed by atoms with E-state index in [0.29, 0.717) is 44.0 Å². The first-order chi connectivity index (χ1) is 14.4. The molecule has 30 heavy (non-hydrogen) atoms. The van der Waals surface area contributed by atoms with Gasteiger partial charge in [0.1, 0.15) is 0 Å². The minimum absolute atomic E-state index is 0.0368. The molecule has 0 spiro atoms. The summed E-state index contributed by atoms with van der Waals surface area (Å²) in [5.74, 6) is -0.158. The molecular formula is C24H28N2O4. The molecule has 3 rings (SSSR count). The standard InChI is InChI=1S/C24H28N2O4/c1-17-3-6-20(15-18(17)2)22(27)9-10-23(28)25-21-7-4-19(5-8-21)16-24(29)26-11-13-30-14-12-26/h3-8,15H,9-14,16H2,1-2H3,(H,25,28). The van der Waals surface area contributed by atoms with E-state index in [9.17, 15) is 14.4 Å². The van der Waals surface area contributed by atoms with E-state index in [1.165, 1.54) is 0 Å². The zero-order chi connectivity index (χ0) is 21.5. The Morgan fingerprint density at radius 2 is 1.63 bits per heavy atom. The lowest BCUT2D eigenvalue weighted by atomic mass is 10.0. The number of hydrogen-bond donors (Lipinski definition) is 1. The minimum Gasteiger partial charge on any atom is -0.378 e. The van der Waals surface area contributed by atoms with E-state index >= 15 is 0 Å². The number of rotatable bonds is 7. The van der Waals surface area contributed by atoms with Crippen LogP contribution in [0.3, 0.4) is 0 Å². The lowest BCUT2D eigenvalue weighted by Gasteiger charge is -2.26. The Hall–Kier alpha value is -2.99. The summed E-state index contributed by atoms with van der Waals surface area (Å²) in [6.45, 7) is 6.41. The first-order valence-electron chi connectivity index (χ1n) is 10.3. The van der Waals surface area contributed by atoms with Gasteiger partial charge < -0.3 is 15.0 Å². The SMILES string of the molecule is Cc1ccc(C(=O)CCC(=O)Nc2ccc(CC(=O)N3CCOCC3)cc2)cc1C. The molecule has 6 nitrogen and oxygen atoms in total. The molecule has 1 aliphatic rings. The molecule has 0 saturated carbocycles. The highest BCUT2D eigenvalue weighted by atomic mass is 16.5. The summed E-state index contributed by atoms with van der Waals surface area (Å²) in [6, 6.07) is 12.8. The number of amides is 2. The van der Waals surface area contributed by atoms with Crippen LogP contribution in [-0.2, 0) is 20.7 Å². The highest BCUT2D eigenvalue weighted by molar-refractivity contribution is 6.00. The maximum Gasteiger partial charge on any atom is 0.227 e. The lowest BCUT2D eigenvalue weighted by molar-refractivity contribution is -0.134. The van der Waals surface area contributed by atoms with Crippen molar-refractivity contribution in [1.82, 2.24) is 4.90 Å². The molecule has 6 heteroatoms. The van der Waals surface area contributed by atoms with Crippen molar-refractivity contribution in [1.29, 1.82) is 0 Å². The molecule has 0 bridgehead atoms. The first-order valence-corrected chi connectivity index (χ1v) is 10.3. The zero-order valence-corrected chi connectivity index (χ0v) is 17.6. The van der Waals surface area contributed by atoms with Crippen LogP contribution in [0.25, 0.3) is 0 Å². The van der Waals surface area contributed by atoms with Gasteiger partial charge in [0.05, 0.1) is 19.6 Å². The van der Waals surface area contributed by atoms with E-state index in [1.807, 2.05) is 43.0 Å². The van der Waals surface area contributed by atoms with Gasteiger partial charge in [0.25, 0.3) is 0 Å². The van der Waals surface area contributed by atoms with E-state index in [4.69, 9.17) is 4.74 Å². The molecule has 1 heterocycles. The predicted octanol–water partition coefficient (Wildman–Crippen LogP) is 3.31. The second-order valence-corrected chi connectivity index (χ2v) is 7.64. The van der Waals surface area contributed by atoms with Gasteiger partial charge in [-0.2, -0.15) is 0 Å². The van der Waals surface area contributed by atoms with Gasteiger partial charge in [-0.3, -0.25) is 14.4 Å². The van der Waals surface area contributed by atoms with Crippen LogP contribution in [0.15, 0.2) is 42.5 Å². The summed E-state index contributed by atoms with van der Waals surface area (Å²) in [6.07, 6.45) is 0.627. The largest absolute Gasteiger partial charge is 0.378 e. The summed E-state index contributed by atoms with van der Waals surface area (Å²) in [5, 5.41) is 2.81. The third kappa shape index (κ3) is 6.00. The highest BCUT2D eigenvalue weighted by Gasteiger charge is 2.17.